The Labute approximate surface area is 91.7 Å². The molecule has 0 aromatic rings. The van der Waals surface area contributed by atoms with E-state index in [9.17, 15) is 0 Å². The maximum absolute atomic E-state index is 4.79. The maximum Gasteiger partial charge on any atom is 0.0339 e. The lowest BCUT2D eigenvalue weighted by molar-refractivity contribution is 0.815. The molecule has 0 saturated heterocycles. The molecule has 0 aliphatic rings. The molecule has 2 heteroatoms. The minimum Gasteiger partial charge on any atom is -0.0925 e. The van der Waals surface area contributed by atoms with Crippen LogP contribution in [0.25, 0.3) is 0 Å². The molecule has 13 heavy (non-hydrogen) atoms. The number of hydrogen-bond donors (Lipinski definition) is 0. The topological polar surface area (TPSA) is 0 Å². The number of thiocarbonyl (C=S) groups is 2. The molecule has 0 amide bonds. The van der Waals surface area contributed by atoms with Gasteiger partial charge in [0.15, 0.2) is 0 Å². The molecule has 0 N–H and O–H groups in total. The van der Waals surface area contributed by atoms with Crippen molar-refractivity contribution in [3.8, 4) is 0 Å². The third-order valence-corrected chi connectivity index (χ3v) is 2.25. The summed E-state index contributed by atoms with van der Waals surface area (Å²) in [6, 6.07) is 0. The Bertz CT molecular complexity index is 184. The fourth-order valence-corrected chi connectivity index (χ4v) is 1.25. The second-order valence-corrected chi connectivity index (χ2v) is 3.35. The maximum atomic E-state index is 4.79. The van der Waals surface area contributed by atoms with Gasteiger partial charge in [-0.3, -0.25) is 0 Å². The number of rotatable bonds is 7. The van der Waals surface area contributed by atoms with Crippen LogP contribution in [0.5, 0.6) is 0 Å². The van der Waals surface area contributed by atoms with Gasteiger partial charge in [-0.2, -0.15) is 0 Å². The molecule has 0 fully saturated rings. The Morgan fingerprint density at radius 1 is 1.15 bits per heavy atom. The van der Waals surface area contributed by atoms with Crippen LogP contribution in [0.3, 0.4) is 0 Å². The molecule has 0 bridgehead atoms. The van der Waals surface area contributed by atoms with Gasteiger partial charge in [-0.1, -0.05) is 68.5 Å². The van der Waals surface area contributed by atoms with Gasteiger partial charge in [0.05, 0.1) is 0 Å². The van der Waals surface area contributed by atoms with Crippen LogP contribution in [-0.4, -0.2) is 10.7 Å². The predicted molar refractivity (Wildman–Crippen MR) is 68.6 cm³/mol. The van der Waals surface area contributed by atoms with Crippen molar-refractivity contribution in [2.75, 3.05) is 0 Å². The largest absolute Gasteiger partial charge is 0.0925 e. The highest BCUT2D eigenvalue weighted by Crippen LogP contribution is 1.96. The van der Waals surface area contributed by atoms with E-state index < -0.39 is 0 Å². The molecule has 0 saturated carbocycles. The van der Waals surface area contributed by atoms with Gasteiger partial charge in [-0.05, 0) is 17.2 Å². The quantitative estimate of drug-likeness (QED) is 0.356. The molecule has 0 radical (unpaired) electrons. The second kappa shape index (κ2) is 9.75. The van der Waals surface area contributed by atoms with Crippen LogP contribution >= 0.6 is 24.4 Å². The standard InChI is InChI=1S/C11H16S2/c1-2-3-4-5-6-7-8-11(9-12)10-13/h5-11H,2-4H2,1H3. The van der Waals surface area contributed by atoms with Crippen molar-refractivity contribution < 1.29 is 0 Å². The van der Waals surface area contributed by atoms with Gasteiger partial charge in [-0.25, -0.2) is 0 Å². The second-order valence-electron chi connectivity index (χ2n) is 2.80. The van der Waals surface area contributed by atoms with Gasteiger partial charge in [0, 0.05) is 5.92 Å². The van der Waals surface area contributed by atoms with Crippen LogP contribution in [0.1, 0.15) is 26.2 Å². The fourth-order valence-electron chi connectivity index (χ4n) is 0.812. The number of hydrogen-bond acceptors (Lipinski definition) is 2. The summed E-state index contributed by atoms with van der Waals surface area (Å²) >= 11 is 9.59. The lowest BCUT2D eigenvalue weighted by atomic mass is 10.2. The summed E-state index contributed by atoms with van der Waals surface area (Å²) in [7, 11) is 0. The molecule has 0 heterocycles. The van der Waals surface area contributed by atoms with Crippen molar-refractivity contribution in [1.82, 2.24) is 0 Å². The van der Waals surface area contributed by atoms with Gasteiger partial charge in [0.2, 0.25) is 0 Å². The average molecular weight is 212 g/mol. The summed E-state index contributed by atoms with van der Waals surface area (Å²) in [5.41, 5.74) is 0. The summed E-state index contributed by atoms with van der Waals surface area (Å²) in [6.07, 6.45) is 11.9. The van der Waals surface area contributed by atoms with E-state index in [1.54, 1.807) is 10.7 Å². The van der Waals surface area contributed by atoms with E-state index in [1.807, 2.05) is 12.2 Å². The van der Waals surface area contributed by atoms with E-state index in [0.29, 0.717) is 0 Å². The Hall–Kier alpha value is -0.340. The molecule has 0 atom stereocenters. The molecular weight excluding hydrogens is 196 g/mol. The van der Waals surface area contributed by atoms with Crippen molar-refractivity contribution in [1.29, 1.82) is 0 Å². The summed E-state index contributed by atoms with van der Waals surface area (Å²) in [5, 5.41) is 3.34. The minimum absolute atomic E-state index is 0.154. The highest BCUT2D eigenvalue weighted by atomic mass is 32.1. The average Bonchev–Trinajstić information content (AvgIpc) is 2.17. The number of unbranched alkanes of at least 4 members (excludes halogenated alkanes) is 2. The van der Waals surface area contributed by atoms with Crippen molar-refractivity contribution in [3.63, 3.8) is 0 Å². The number of allylic oxidation sites excluding steroid dienone is 4. The molecule has 0 spiro atoms. The van der Waals surface area contributed by atoms with E-state index in [4.69, 9.17) is 24.4 Å². The van der Waals surface area contributed by atoms with E-state index in [-0.39, 0.29) is 5.92 Å². The molecule has 0 aliphatic carbocycles. The molecular formula is C11H16S2. The van der Waals surface area contributed by atoms with Gasteiger partial charge < -0.3 is 0 Å². The summed E-state index contributed by atoms with van der Waals surface area (Å²) < 4.78 is 0. The van der Waals surface area contributed by atoms with Crippen LogP contribution in [-0.2, 0) is 0 Å². The predicted octanol–water partition coefficient (Wildman–Crippen LogP) is 3.90. The first-order valence-corrected chi connectivity index (χ1v) is 5.53. The molecule has 72 valence electrons. The molecule has 0 nitrogen and oxygen atoms in total. The van der Waals surface area contributed by atoms with Crippen LogP contribution in [0.2, 0.25) is 0 Å². The van der Waals surface area contributed by atoms with Crippen molar-refractivity contribution >= 4 is 35.2 Å². The minimum atomic E-state index is 0.154. The Morgan fingerprint density at radius 2 is 1.85 bits per heavy atom. The first kappa shape index (κ1) is 12.7. The molecule has 0 aromatic heterocycles. The van der Waals surface area contributed by atoms with Crippen LogP contribution in [0, 0.1) is 5.92 Å². The van der Waals surface area contributed by atoms with Crippen LogP contribution in [0.4, 0.5) is 0 Å². The van der Waals surface area contributed by atoms with E-state index in [0.717, 1.165) is 6.42 Å². The van der Waals surface area contributed by atoms with Gasteiger partial charge >= 0.3 is 0 Å². The van der Waals surface area contributed by atoms with Gasteiger partial charge in [-0.15, -0.1) is 0 Å². The zero-order valence-corrected chi connectivity index (χ0v) is 9.61. The summed E-state index contributed by atoms with van der Waals surface area (Å²) in [4.78, 5) is 0. The third kappa shape index (κ3) is 8.00. The zero-order valence-electron chi connectivity index (χ0n) is 7.98. The van der Waals surface area contributed by atoms with Crippen LogP contribution < -0.4 is 0 Å². The van der Waals surface area contributed by atoms with Crippen molar-refractivity contribution in [2.24, 2.45) is 5.92 Å². The summed E-state index contributed by atoms with van der Waals surface area (Å²) in [6.45, 7) is 2.19. The molecule has 0 unspecified atom stereocenters. The lowest BCUT2D eigenvalue weighted by Crippen LogP contribution is -1.93. The first-order valence-electron chi connectivity index (χ1n) is 4.59. The fraction of sp³-hybridized carbons (Fsp3) is 0.455. The molecule has 0 aliphatic heterocycles. The normalized spacial score (nSPS) is 11.5. The SMILES string of the molecule is CCCCC=CC=CC(C=S)C=S. The van der Waals surface area contributed by atoms with E-state index >= 15 is 0 Å². The monoisotopic (exact) mass is 212 g/mol. The molecule has 0 rings (SSSR count). The van der Waals surface area contributed by atoms with Gasteiger partial charge in [0.25, 0.3) is 0 Å². The Balaban J connectivity index is 3.65. The Morgan fingerprint density at radius 3 is 2.38 bits per heavy atom. The molecule has 0 aromatic carbocycles. The first-order chi connectivity index (χ1) is 6.35. The highest BCUT2D eigenvalue weighted by Gasteiger charge is 1.89. The third-order valence-electron chi connectivity index (χ3n) is 1.62. The van der Waals surface area contributed by atoms with E-state index in [2.05, 4.69) is 19.1 Å². The smallest absolute Gasteiger partial charge is 0.0339 e. The zero-order chi connectivity index (χ0) is 9.94. The van der Waals surface area contributed by atoms with Crippen molar-refractivity contribution in [3.05, 3.63) is 24.3 Å². The van der Waals surface area contributed by atoms with Gasteiger partial charge in [0.1, 0.15) is 0 Å². The summed E-state index contributed by atoms with van der Waals surface area (Å²) in [5.74, 6) is 0.154. The van der Waals surface area contributed by atoms with E-state index in [1.165, 1.54) is 12.8 Å². The van der Waals surface area contributed by atoms with Crippen molar-refractivity contribution in [2.45, 2.75) is 26.2 Å². The Kier molecular flexibility index (Phi) is 9.49. The highest BCUT2D eigenvalue weighted by molar-refractivity contribution is 7.80. The van der Waals surface area contributed by atoms with Crippen LogP contribution in [0.15, 0.2) is 24.3 Å². The lowest BCUT2D eigenvalue weighted by Gasteiger charge is -1.92.